The number of ether oxygens (including phenoxy) is 1. The van der Waals surface area contributed by atoms with Gasteiger partial charge in [0.15, 0.2) is 0 Å². The third kappa shape index (κ3) is 4.10. The molecule has 2 nitrogen and oxygen atoms in total. The molecule has 0 N–H and O–H groups in total. The Bertz CT molecular complexity index is 121. The number of nitrogens with zero attached hydrogens (tertiary/aromatic N) is 1. The molecule has 1 aliphatic heterocycles. The van der Waals surface area contributed by atoms with Gasteiger partial charge in [0.05, 0.1) is 0 Å². The highest BCUT2D eigenvalue weighted by Crippen LogP contribution is 2.12. The van der Waals surface area contributed by atoms with Gasteiger partial charge in [0.2, 0.25) is 0 Å². The second-order valence-corrected chi connectivity index (χ2v) is 3.92. The van der Waals surface area contributed by atoms with E-state index >= 15 is 0 Å². The Balaban J connectivity index is 2.09. The van der Waals surface area contributed by atoms with Crippen molar-refractivity contribution in [3.8, 4) is 0 Å². The molecule has 0 aromatic heterocycles. The molecule has 0 amide bonds. The average molecular weight is 185 g/mol. The van der Waals surface area contributed by atoms with Crippen molar-refractivity contribution in [1.82, 2.24) is 4.90 Å². The van der Waals surface area contributed by atoms with Crippen LogP contribution < -0.4 is 0 Å². The number of unbranched alkanes of at least 4 members (excludes halogenated alkanes) is 1. The summed E-state index contributed by atoms with van der Waals surface area (Å²) in [7, 11) is 0. The van der Waals surface area contributed by atoms with Gasteiger partial charge in [0.25, 0.3) is 0 Å². The molecule has 1 rings (SSSR count). The van der Waals surface area contributed by atoms with Crippen LogP contribution in [0.4, 0.5) is 0 Å². The van der Waals surface area contributed by atoms with Crippen molar-refractivity contribution in [3.05, 3.63) is 0 Å². The van der Waals surface area contributed by atoms with Gasteiger partial charge < -0.3 is 4.74 Å². The van der Waals surface area contributed by atoms with Crippen molar-refractivity contribution in [2.45, 2.75) is 52.2 Å². The maximum atomic E-state index is 5.75. The summed E-state index contributed by atoms with van der Waals surface area (Å²) in [5, 5.41) is 0. The highest BCUT2D eigenvalue weighted by Gasteiger charge is 2.16. The molecule has 0 saturated carbocycles. The highest BCUT2D eigenvalue weighted by molar-refractivity contribution is 4.65. The lowest BCUT2D eigenvalue weighted by Gasteiger charge is -2.32. The quantitative estimate of drug-likeness (QED) is 0.610. The van der Waals surface area contributed by atoms with Crippen LogP contribution in [0.2, 0.25) is 0 Å². The van der Waals surface area contributed by atoms with Gasteiger partial charge in [-0.2, -0.15) is 0 Å². The zero-order valence-corrected chi connectivity index (χ0v) is 9.09. The van der Waals surface area contributed by atoms with Crippen molar-refractivity contribution in [1.29, 1.82) is 0 Å². The van der Waals surface area contributed by atoms with Crippen LogP contribution in [-0.4, -0.2) is 30.8 Å². The summed E-state index contributed by atoms with van der Waals surface area (Å²) < 4.78 is 5.75. The summed E-state index contributed by atoms with van der Waals surface area (Å²) in [6.45, 7) is 7.77. The van der Waals surface area contributed by atoms with Crippen LogP contribution >= 0.6 is 0 Å². The van der Waals surface area contributed by atoms with Crippen LogP contribution in [0.5, 0.6) is 0 Å². The van der Waals surface area contributed by atoms with E-state index < -0.39 is 0 Å². The minimum absolute atomic E-state index is 0.340. The van der Waals surface area contributed by atoms with E-state index in [0.717, 1.165) is 6.61 Å². The second kappa shape index (κ2) is 6.39. The first-order valence-electron chi connectivity index (χ1n) is 5.70. The Labute approximate surface area is 82.3 Å². The predicted molar refractivity (Wildman–Crippen MR) is 55.7 cm³/mol. The first-order chi connectivity index (χ1) is 6.34. The molecule has 2 heteroatoms. The SMILES string of the molecule is CCCCOC(C)N1CCCCC1. The van der Waals surface area contributed by atoms with Crippen molar-refractivity contribution < 1.29 is 4.74 Å². The summed E-state index contributed by atoms with van der Waals surface area (Å²) >= 11 is 0. The normalized spacial score (nSPS) is 21.7. The molecular weight excluding hydrogens is 162 g/mol. The van der Waals surface area contributed by atoms with Crippen molar-refractivity contribution in [2.75, 3.05) is 19.7 Å². The van der Waals surface area contributed by atoms with Crippen LogP contribution in [0.15, 0.2) is 0 Å². The topological polar surface area (TPSA) is 12.5 Å². The summed E-state index contributed by atoms with van der Waals surface area (Å²) in [6.07, 6.45) is 6.86. The fourth-order valence-corrected chi connectivity index (χ4v) is 1.79. The van der Waals surface area contributed by atoms with Crippen molar-refractivity contribution in [3.63, 3.8) is 0 Å². The van der Waals surface area contributed by atoms with Crippen LogP contribution in [-0.2, 0) is 4.74 Å². The average Bonchev–Trinajstić information content (AvgIpc) is 2.19. The largest absolute Gasteiger partial charge is 0.363 e. The first kappa shape index (κ1) is 11.0. The standard InChI is InChI=1S/C11H23NO/c1-3-4-10-13-11(2)12-8-6-5-7-9-12/h11H,3-10H2,1-2H3. The van der Waals surface area contributed by atoms with Crippen molar-refractivity contribution in [2.24, 2.45) is 0 Å². The Morgan fingerprint density at radius 1 is 1.23 bits per heavy atom. The zero-order valence-electron chi connectivity index (χ0n) is 9.09. The highest BCUT2D eigenvalue weighted by atomic mass is 16.5. The molecule has 78 valence electrons. The van der Waals surface area contributed by atoms with E-state index in [0.29, 0.717) is 6.23 Å². The van der Waals surface area contributed by atoms with E-state index in [4.69, 9.17) is 4.74 Å². The number of rotatable bonds is 5. The van der Waals surface area contributed by atoms with Crippen LogP contribution in [0, 0.1) is 0 Å². The van der Waals surface area contributed by atoms with Crippen LogP contribution in [0.25, 0.3) is 0 Å². The van der Waals surface area contributed by atoms with E-state index in [-0.39, 0.29) is 0 Å². The summed E-state index contributed by atoms with van der Waals surface area (Å²) in [4.78, 5) is 2.46. The molecule has 0 aromatic rings. The van der Waals surface area contributed by atoms with E-state index in [2.05, 4.69) is 18.7 Å². The number of piperidine rings is 1. The number of hydrogen-bond donors (Lipinski definition) is 0. The van der Waals surface area contributed by atoms with Crippen molar-refractivity contribution >= 4 is 0 Å². The van der Waals surface area contributed by atoms with Gasteiger partial charge in [-0.15, -0.1) is 0 Å². The van der Waals surface area contributed by atoms with Gasteiger partial charge in [-0.25, -0.2) is 0 Å². The van der Waals surface area contributed by atoms with Gasteiger partial charge in [-0.3, -0.25) is 4.90 Å². The zero-order chi connectivity index (χ0) is 9.52. The molecular formula is C11H23NO. The first-order valence-corrected chi connectivity index (χ1v) is 5.70. The van der Waals surface area contributed by atoms with Gasteiger partial charge in [0.1, 0.15) is 6.23 Å². The third-order valence-electron chi connectivity index (χ3n) is 2.76. The summed E-state index contributed by atoms with van der Waals surface area (Å²) in [5.41, 5.74) is 0. The van der Waals surface area contributed by atoms with Crippen LogP contribution in [0.1, 0.15) is 46.0 Å². The molecule has 1 unspecified atom stereocenters. The molecule has 1 heterocycles. The lowest BCUT2D eigenvalue weighted by atomic mass is 10.1. The lowest BCUT2D eigenvalue weighted by Crippen LogP contribution is -2.39. The maximum Gasteiger partial charge on any atom is 0.107 e. The van der Waals surface area contributed by atoms with Gasteiger partial charge in [-0.05, 0) is 26.2 Å². The maximum absolute atomic E-state index is 5.75. The second-order valence-electron chi connectivity index (χ2n) is 3.92. The number of hydrogen-bond acceptors (Lipinski definition) is 2. The molecule has 1 fully saturated rings. The lowest BCUT2D eigenvalue weighted by molar-refractivity contribution is -0.0555. The predicted octanol–water partition coefficient (Wildman–Crippen LogP) is 2.64. The fraction of sp³-hybridized carbons (Fsp3) is 1.00. The molecule has 0 aliphatic carbocycles. The Morgan fingerprint density at radius 3 is 2.54 bits per heavy atom. The van der Waals surface area contributed by atoms with Crippen LogP contribution in [0.3, 0.4) is 0 Å². The molecule has 13 heavy (non-hydrogen) atoms. The third-order valence-corrected chi connectivity index (χ3v) is 2.76. The summed E-state index contributed by atoms with van der Waals surface area (Å²) in [5.74, 6) is 0. The van der Waals surface area contributed by atoms with E-state index in [1.165, 1.54) is 45.2 Å². The Kier molecular flexibility index (Phi) is 5.40. The Morgan fingerprint density at radius 2 is 1.92 bits per heavy atom. The minimum Gasteiger partial charge on any atom is -0.363 e. The van der Waals surface area contributed by atoms with E-state index in [9.17, 15) is 0 Å². The molecule has 0 bridgehead atoms. The number of likely N-dealkylation sites (tertiary alicyclic amines) is 1. The summed E-state index contributed by atoms with van der Waals surface area (Å²) in [6, 6.07) is 0. The van der Waals surface area contributed by atoms with E-state index in [1.54, 1.807) is 0 Å². The molecule has 0 spiro atoms. The molecule has 0 radical (unpaired) electrons. The van der Waals surface area contributed by atoms with Gasteiger partial charge >= 0.3 is 0 Å². The smallest absolute Gasteiger partial charge is 0.107 e. The van der Waals surface area contributed by atoms with Gasteiger partial charge in [0, 0.05) is 19.7 Å². The molecule has 1 aliphatic rings. The molecule has 1 atom stereocenters. The fourth-order valence-electron chi connectivity index (χ4n) is 1.79. The van der Waals surface area contributed by atoms with E-state index in [1.807, 2.05) is 0 Å². The Hall–Kier alpha value is -0.0800. The monoisotopic (exact) mass is 185 g/mol. The molecule has 0 aromatic carbocycles. The molecule has 1 saturated heterocycles. The minimum atomic E-state index is 0.340. The van der Waals surface area contributed by atoms with Gasteiger partial charge in [-0.1, -0.05) is 19.8 Å².